The van der Waals surface area contributed by atoms with Crippen LogP contribution in [-0.4, -0.2) is 30.8 Å². The molecule has 0 atom stereocenters. The normalized spacial score (nSPS) is 17.4. The van der Waals surface area contributed by atoms with Crippen LogP contribution in [0.15, 0.2) is 66.9 Å². The Labute approximate surface area is 221 Å². The van der Waals surface area contributed by atoms with Crippen molar-refractivity contribution in [2.24, 2.45) is 0 Å². The number of hydrogen-bond donors (Lipinski definition) is 0. The van der Waals surface area contributed by atoms with Gasteiger partial charge >= 0.3 is 0 Å². The number of nitrogens with zero attached hydrogens (tertiary/aromatic N) is 2. The maximum atomic E-state index is 6.55. The van der Waals surface area contributed by atoms with Crippen molar-refractivity contribution in [1.82, 2.24) is 4.98 Å². The average Bonchev–Trinajstić information content (AvgIpc) is 2.95. The second-order valence-electron chi connectivity index (χ2n) is 9.27. The Morgan fingerprint density at radius 3 is 2.19 bits per heavy atom. The van der Waals surface area contributed by atoms with Crippen LogP contribution in [-0.2, 0) is 22.8 Å². The average molecular weight is 505 g/mol. The molecule has 0 aliphatic heterocycles. The lowest BCUT2D eigenvalue weighted by Crippen LogP contribution is -2.38. The third-order valence-electron chi connectivity index (χ3n) is 6.83. The molecule has 1 saturated carbocycles. The van der Waals surface area contributed by atoms with E-state index in [0.717, 1.165) is 54.1 Å². The number of pyridine rings is 1. The van der Waals surface area contributed by atoms with Crippen molar-refractivity contribution in [1.29, 1.82) is 0 Å². The Kier molecular flexibility index (Phi) is 10.2. The maximum absolute atomic E-state index is 6.55. The molecule has 0 unspecified atom stereocenters. The fraction of sp³-hybridized carbons (Fsp3) is 0.452. The standard InChI is InChI=1S/C31H40N2O4/c1-4-34-23-29-31(36-6-3)30(20-21-32-29)33(37-22-24-10-8-7-9-11-24)27-16-12-25(13-17-27)26-14-18-28(19-15-26)35-5-2/h7-11,14-15,18-21,25,27H,4-6,12-13,16-17,22-23H2,1-3H3. The van der Waals surface area contributed by atoms with E-state index in [-0.39, 0.29) is 6.04 Å². The van der Waals surface area contributed by atoms with E-state index >= 15 is 0 Å². The van der Waals surface area contributed by atoms with Crippen molar-refractivity contribution in [3.8, 4) is 11.5 Å². The molecule has 1 aliphatic rings. The van der Waals surface area contributed by atoms with E-state index < -0.39 is 0 Å². The van der Waals surface area contributed by atoms with Gasteiger partial charge < -0.3 is 14.2 Å². The zero-order chi connectivity index (χ0) is 25.9. The Hall–Kier alpha value is -3.09. The molecule has 4 rings (SSSR count). The number of hydroxylamine groups is 1. The van der Waals surface area contributed by atoms with Gasteiger partial charge in [-0.15, -0.1) is 0 Å². The fourth-order valence-electron chi connectivity index (χ4n) is 4.99. The second kappa shape index (κ2) is 14.0. The Balaban J connectivity index is 1.54. The Morgan fingerprint density at radius 1 is 0.784 bits per heavy atom. The summed E-state index contributed by atoms with van der Waals surface area (Å²) < 4.78 is 17.5. The van der Waals surface area contributed by atoms with E-state index in [1.54, 1.807) is 0 Å². The summed E-state index contributed by atoms with van der Waals surface area (Å²) in [7, 11) is 0. The van der Waals surface area contributed by atoms with Crippen molar-refractivity contribution in [3.63, 3.8) is 0 Å². The SMILES string of the molecule is CCOCc1nccc(N(OCc2ccccc2)C2CCC(c3ccc(OCC)cc3)CC2)c1OCC. The molecule has 0 radical (unpaired) electrons. The minimum absolute atomic E-state index is 0.240. The van der Waals surface area contributed by atoms with Crippen molar-refractivity contribution in [3.05, 3.63) is 83.7 Å². The molecule has 0 bridgehead atoms. The summed E-state index contributed by atoms with van der Waals surface area (Å²) in [5.74, 6) is 2.23. The topological polar surface area (TPSA) is 53.1 Å². The monoisotopic (exact) mass is 504 g/mol. The zero-order valence-electron chi connectivity index (χ0n) is 22.4. The van der Waals surface area contributed by atoms with Crippen LogP contribution in [0.1, 0.15) is 69.2 Å². The Morgan fingerprint density at radius 2 is 1.51 bits per heavy atom. The molecule has 3 aromatic rings. The van der Waals surface area contributed by atoms with Crippen LogP contribution >= 0.6 is 0 Å². The van der Waals surface area contributed by atoms with Gasteiger partial charge in [0.2, 0.25) is 0 Å². The van der Waals surface area contributed by atoms with Gasteiger partial charge in [-0.3, -0.25) is 9.82 Å². The lowest BCUT2D eigenvalue weighted by molar-refractivity contribution is 0.0607. The summed E-state index contributed by atoms with van der Waals surface area (Å²) in [5, 5.41) is 2.09. The molecule has 1 aliphatic carbocycles. The third kappa shape index (κ3) is 7.24. The second-order valence-corrected chi connectivity index (χ2v) is 9.27. The molecule has 0 spiro atoms. The van der Waals surface area contributed by atoms with Crippen LogP contribution in [0.5, 0.6) is 11.5 Å². The smallest absolute Gasteiger partial charge is 0.168 e. The Bertz CT molecular complexity index is 1070. The summed E-state index contributed by atoms with van der Waals surface area (Å²) in [6.07, 6.45) is 6.09. The summed E-state index contributed by atoms with van der Waals surface area (Å²) in [5.41, 5.74) is 4.25. The molecule has 1 heterocycles. The fourth-order valence-corrected chi connectivity index (χ4v) is 4.99. The van der Waals surface area contributed by atoms with Gasteiger partial charge in [0.1, 0.15) is 17.1 Å². The van der Waals surface area contributed by atoms with Crippen molar-refractivity contribution in [2.75, 3.05) is 24.9 Å². The van der Waals surface area contributed by atoms with Gasteiger partial charge in [-0.05, 0) is 81.7 Å². The molecule has 1 aromatic heterocycles. The molecule has 1 fully saturated rings. The first kappa shape index (κ1) is 27.0. The van der Waals surface area contributed by atoms with Crippen LogP contribution < -0.4 is 14.5 Å². The van der Waals surface area contributed by atoms with E-state index in [1.807, 2.05) is 51.2 Å². The lowest BCUT2D eigenvalue weighted by Gasteiger charge is -2.38. The maximum Gasteiger partial charge on any atom is 0.168 e. The highest BCUT2D eigenvalue weighted by molar-refractivity contribution is 5.59. The molecule has 6 heteroatoms. The van der Waals surface area contributed by atoms with Crippen molar-refractivity contribution < 1.29 is 19.0 Å². The van der Waals surface area contributed by atoms with E-state index in [1.165, 1.54) is 5.56 Å². The number of aromatic nitrogens is 1. The summed E-state index contributed by atoms with van der Waals surface area (Å²) in [6.45, 7) is 8.77. The van der Waals surface area contributed by atoms with E-state index in [2.05, 4.69) is 46.4 Å². The summed E-state index contributed by atoms with van der Waals surface area (Å²) in [6, 6.07) is 21.2. The molecule has 37 heavy (non-hydrogen) atoms. The number of benzene rings is 2. The van der Waals surface area contributed by atoms with Crippen molar-refractivity contribution in [2.45, 2.75) is 71.6 Å². The van der Waals surface area contributed by atoms with Crippen LogP contribution in [0.25, 0.3) is 0 Å². The summed E-state index contributed by atoms with van der Waals surface area (Å²) >= 11 is 0. The van der Waals surface area contributed by atoms with Gasteiger partial charge in [0.05, 0.1) is 32.5 Å². The van der Waals surface area contributed by atoms with E-state index in [9.17, 15) is 0 Å². The first-order valence-electron chi connectivity index (χ1n) is 13.6. The molecular formula is C31H40N2O4. The van der Waals surface area contributed by atoms with Gasteiger partial charge in [-0.2, -0.15) is 0 Å². The highest BCUT2D eigenvalue weighted by atomic mass is 16.7. The van der Waals surface area contributed by atoms with Gasteiger partial charge in [0, 0.05) is 12.8 Å². The highest BCUT2D eigenvalue weighted by Crippen LogP contribution is 2.40. The van der Waals surface area contributed by atoms with Gasteiger partial charge in [-0.25, -0.2) is 5.06 Å². The molecule has 0 amide bonds. The first-order chi connectivity index (χ1) is 18.2. The van der Waals surface area contributed by atoms with Crippen LogP contribution in [0.2, 0.25) is 0 Å². The van der Waals surface area contributed by atoms with Gasteiger partial charge in [0.15, 0.2) is 5.75 Å². The van der Waals surface area contributed by atoms with E-state index in [0.29, 0.717) is 39.0 Å². The van der Waals surface area contributed by atoms with E-state index in [4.69, 9.17) is 19.0 Å². The van der Waals surface area contributed by atoms with Gasteiger partial charge in [-0.1, -0.05) is 42.5 Å². The largest absolute Gasteiger partial charge is 0.494 e. The van der Waals surface area contributed by atoms with Crippen LogP contribution in [0.4, 0.5) is 5.69 Å². The lowest BCUT2D eigenvalue weighted by atomic mass is 9.81. The number of hydrogen-bond acceptors (Lipinski definition) is 6. The molecule has 0 saturated heterocycles. The van der Waals surface area contributed by atoms with Crippen LogP contribution in [0, 0.1) is 0 Å². The number of ether oxygens (including phenoxy) is 3. The zero-order valence-corrected chi connectivity index (χ0v) is 22.4. The van der Waals surface area contributed by atoms with Gasteiger partial charge in [0.25, 0.3) is 0 Å². The first-order valence-corrected chi connectivity index (χ1v) is 13.6. The highest BCUT2D eigenvalue weighted by Gasteiger charge is 2.30. The summed E-state index contributed by atoms with van der Waals surface area (Å²) in [4.78, 5) is 11.1. The molecule has 2 aromatic carbocycles. The minimum Gasteiger partial charge on any atom is -0.494 e. The molecule has 198 valence electrons. The molecular weight excluding hydrogens is 464 g/mol. The number of anilines is 1. The minimum atomic E-state index is 0.240. The molecule has 6 nitrogen and oxygen atoms in total. The number of rotatable bonds is 13. The quantitative estimate of drug-likeness (QED) is 0.232. The van der Waals surface area contributed by atoms with Crippen molar-refractivity contribution >= 4 is 5.69 Å². The predicted octanol–water partition coefficient (Wildman–Crippen LogP) is 7.08. The third-order valence-corrected chi connectivity index (χ3v) is 6.83. The predicted molar refractivity (Wildman–Crippen MR) is 147 cm³/mol. The van der Waals surface area contributed by atoms with Crippen LogP contribution in [0.3, 0.4) is 0 Å². The molecule has 0 N–H and O–H groups in total.